The van der Waals surface area contributed by atoms with E-state index >= 15 is 0 Å². The Morgan fingerprint density at radius 1 is 1.16 bits per heavy atom. The van der Waals surface area contributed by atoms with Crippen molar-refractivity contribution in [1.82, 2.24) is 9.47 Å². The molecule has 10 heteroatoms. The van der Waals surface area contributed by atoms with Crippen LogP contribution < -0.4 is 15.1 Å². The minimum absolute atomic E-state index is 0. The predicted molar refractivity (Wildman–Crippen MR) is 117 cm³/mol. The number of halogens is 2. The van der Waals surface area contributed by atoms with Gasteiger partial charge >= 0.3 is 6.16 Å². The molecule has 170 valence electrons. The van der Waals surface area contributed by atoms with Crippen LogP contribution in [0.5, 0.6) is 5.75 Å². The van der Waals surface area contributed by atoms with Crippen LogP contribution in [0.25, 0.3) is 10.9 Å². The molecule has 0 spiro atoms. The molecule has 0 unspecified atom stereocenters. The molecule has 2 aromatic rings. The summed E-state index contributed by atoms with van der Waals surface area (Å²) >= 11 is 0. The molecule has 1 saturated carbocycles. The minimum Gasteiger partial charge on any atom is -0.449 e. The van der Waals surface area contributed by atoms with Crippen molar-refractivity contribution >= 4 is 35.2 Å². The molecule has 2 aliphatic rings. The van der Waals surface area contributed by atoms with Gasteiger partial charge in [0.1, 0.15) is 5.82 Å². The molecule has 2 heterocycles. The van der Waals surface area contributed by atoms with E-state index in [0.717, 1.165) is 45.3 Å². The molecule has 0 radical (unpaired) electrons. The van der Waals surface area contributed by atoms with Crippen molar-refractivity contribution in [3.8, 4) is 5.75 Å². The number of benzene rings is 1. The molecule has 1 aliphatic heterocycles. The maximum Gasteiger partial charge on any atom is 0.511 e. The Morgan fingerprint density at radius 2 is 1.87 bits per heavy atom. The monoisotopic (exact) mass is 455 g/mol. The van der Waals surface area contributed by atoms with Crippen LogP contribution in [0.2, 0.25) is 0 Å². The fourth-order valence-electron chi connectivity index (χ4n) is 4.06. The number of rotatable bonds is 7. The first-order valence-electron chi connectivity index (χ1n) is 10.3. The van der Waals surface area contributed by atoms with Crippen molar-refractivity contribution in [3.05, 3.63) is 34.4 Å². The van der Waals surface area contributed by atoms with E-state index in [2.05, 4.69) is 9.64 Å². The number of carboxylic acid groups (broad SMARTS) is 1. The van der Waals surface area contributed by atoms with Crippen molar-refractivity contribution in [2.24, 2.45) is 0 Å². The Labute approximate surface area is 185 Å². The van der Waals surface area contributed by atoms with Gasteiger partial charge in [-0.2, -0.15) is 0 Å². The number of anilines is 1. The van der Waals surface area contributed by atoms with E-state index in [9.17, 15) is 14.0 Å². The maximum atomic E-state index is 15.0. The molecule has 0 bridgehead atoms. The lowest BCUT2D eigenvalue weighted by atomic mass is 10.1. The first-order chi connectivity index (χ1) is 14.5. The number of piperazine rings is 1. The molecule has 2 fully saturated rings. The van der Waals surface area contributed by atoms with E-state index < -0.39 is 17.4 Å². The molecule has 8 nitrogen and oxygen atoms in total. The Hall–Kier alpha value is -2.36. The Balaban J connectivity index is 0.00000272. The zero-order chi connectivity index (χ0) is 21.3. The highest BCUT2D eigenvalue weighted by Crippen LogP contribution is 2.39. The van der Waals surface area contributed by atoms with E-state index in [-0.39, 0.29) is 36.2 Å². The fourth-order valence-corrected chi connectivity index (χ4v) is 4.06. The first kappa shape index (κ1) is 23.3. The molecular weight excluding hydrogens is 429 g/mol. The molecule has 1 aliphatic carbocycles. The highest BCUT2D eigenvalue weighted by Gasteiger charge is 2.28. The molecule has 0 amide bonds. The van der Waals surface area contributed by atoms with E-state index in [1.807, 2.05) is 9.47 Å². The predicted octanol–water partition coefficient (Wildman–Crippen LogP) is 2.85. The number of carbonyl (C=O) groups is 1. The van der Waals surface area contributed by atoms with Crippen LogP contribution in [0.1, 0.15) is 31.7 Å². The quantitative estimate of drug-likeness (QED) is 0.489. The number of aliphatic hydroxyl groups excluding tert-OH is 1. The summed E-state index contributed by atoms with van der Waals surface area (Å²) in [5.41, 5.74) is 0.434. The summed E-state index contributed by atoms with van der Waals surface area (Å²) in [5, 5.41) is 17.9. The Morgan fingerprint density at radius 3 is 2.48 bits per heavy atom. The first-order valence-corrected chi connectivity index (χ1v) is 10.3. The van der Waals surface area contributed by atoms with Crippen LogP contribution in [-0.2, 0) is 0 Å². The van der Waals surface area contributed by atoms with Gasteiger partial charge < -0.3 is 24.4 Å². The minimum atomic E-state index is -1.57. The number of fused-ring (bicyclic) bond motifs is 1. The second kappa shape index (κ2) is 9.84. The van der Waals surface area contributed by atoms with Crippen molar-refractivity contribution in [2.75, 3.05) is 44.2 Å². The Kier molecular flexibility index (Phi) is 7.40. The number of unbranched alkanes of at least 4 members (excludes halogenated alkanes) is 1. The number of nitrogens with zero attached hydrogens (tertiary/aromatic N) is 3. The van der Waals surface area contributed by atoms with E-state index in [4.69, 9.17) is 10.2 Å². The van der Waals surface area contributed by atoms with Gasteiger partial charge in [0.25, 0.3) is 0 Å². The third kappa shape index (κ3) is 5.11. The van der Waals surface area contributed by atoms with Gasteiger partial charge in [-0.25, -0.2) is 9.18 Å². The van der Waals surface area contributed by atoms with E-state index in [0.29, 0.717) is 24.3 Å². The van der Waals surface area contributed by atoms with Crippen LogP contribution >= 0.6 is 12.4 Å². The number of ether oxygens (including phenoxy) is 1. The summed E-state index contributed by atoms with van der Waals surface area (Å²) in [5.74, 6) is -0.798. The van der Waals surface area contributed by atoms with Gasteiger partial charge in [-0.05, 0) is 44.4 Å². The average molecular weight is 456 g/mol. The molecule has 2 N–H and O–H groups in total. The highest BCUT2D eigenvalue weighted by atomic mass is 35.5. The van der Waals surface area contributed by atoms with Crippen LogP contribution in [0, 0.1) is 5.82 Å². The third-order valence-corrected chi connectivity index (χ3v) is 5.80. The van der Waals surface area contributed by atoms with Gasteiger partial charge in [0.05, 0.1) is 22.8 Å². The van der Waals surface area contributed by atoms with Crippen LogP contribution in [-0.4, -0.2) is 65.2 Å². The number of hydrogen-bond donors (Lipinski definition) is 2. The van der Waals surface area contributed by atoms with Crippen molar-refractivity contribution in [2.45, 2.75) is 31.7 Å². The largest absolute Gasteiger partial charge is 0.511 e. The van der Waals surface area contributed by atoms with Crippen LogP contribution in [0.3, 0.4) is 0 Å². The van der Waals surface area contributed by atoms with Gasteiger partial charge in [0, 0.05) is 38.8 Å². The molecule has 4 rings (SSSR count). The number of pyridine rings is 1. The lowest BCUT2D eigenvalue weighted by Gasteiger charge is -2.36. The standard InChI is InChI=1S/C21H26FN3O5.ClH/c22-16-11-15-17(25(14-3-4-14)13-19(20(15)27)30-21(28)29)12-18(16)24-8-6-23(7-9-24)5-1-2-10-26;/h11-14,26H,1-10H2,(H,28,29);1H. The fraction of sp³-hybridized carbons (Fsp3) is 0.524. The summed E-state index contributed by atoms with van der Waals surface area (Å²) in [6.45, 7) is 4.09. The number of aromatic nitrogens is 1. The zero-order valence-electron chi connectivity index (χ0n) is 17.1. The van der Waals surface area contributed by atoms with E-state index in [1.54, 1.807) is 6.07 Å². The molecule has 1 aromatic heterocycles. The summed E-state index contributed by atoms with van der Waals surface area (Å²) in [7, 11) is 0. The summed E-state index contributed by atoms with van der Waals surface area (Å²) < 4.78 is 21.5. The smallest absolute Gasteiger partial charge is 0.449 e. The van der Waals surface area contributed by atoms with Gasteiger partial charge in [-0.3, -0.25) is 9.69 Å². The third-order valence-electron chi connectivity index (χ3n) is 5.80. The van der Waals surface area contributed by atoms with Gasteiger partial charge in [-0.1, -0.05) is 0 Å². The summed E-state index contributed by atoms with van der Waals surface area (Å²) in [6, 6.07) is 3.07. The van der Waals surface area contributed by atoms with Gasteiger partial charge in [0.2, 0.25) is 5.43 Å². The molecular formula is C21H27ClFN3O5. The molecule has 0 atom stereocenters. The summed E-state index contributed by atoms with van der Waals surface area (Å²) in [4.78, 5) is 27.9. The maximum absolute atomic E-state index is 15.0. The normalized spacial score (nSPS) is 16.9. The van der Waals surface area contributed by atoms with Crippen molar-refractivity contribution in [1.29, 1.82) is 0 Å². The average Bonchev–Trinajstić information content (AvgIpc) is 3.56. The second-order valence-corrected chi connectivity index (χ2v) is 7.91. The SMILES string of the molecule is Cl.O=C(O)Oc1cn(C2CC2)c2cc(N3CCN(CCCCO)CC3)c(F)cc2c1=O. The molecule has 1 saturated heterocycles. The number of aliphatic hydroxyl groups is 1. The van der Waals surface area contributed by atoms with Gasteiger partial charge in [-0.15, -0.1) is 12.4 Å². The molecule has 1 aromatic carbocycles. The number of hydrogen-bond acceptors (Lipinski definition) is 6. The zero-order valence-corrected chi connectivity index (χ0v) is 17.9. The Bertz CT molecular complexity index is 1000. The lowest BCUT2D eigenvalue weighted by Crippen LogP contribution is -2.47. The second-order valence-electron chi connectivity index (χ2n) is 7.91. The highest BCUT2D eigenvalue weighted by molar-refractivity contribution is 5.85. The van der Waals surface area contributed by atoms with Crippen molar-refractivity contribution < 1.29 is 24.1 Å². The van der Waals surface area contributed by atoms with Crippen LogP contribution in [0.15, 0.2) is 23.1 Å². The van der Waals surface area contributed by atoms with E-state index in [1.165, 1.54) is 12.3 Å². The topological polar surface area (TPSA) is 95.2 Å². The van der Waals surface area contributed by atoms with Crippen LogP contribution in [0.4, 0.5) is 14.9 Å². The van der Waals surface area contributed by atoms with Gasteiger partial charge in [0.15, 0.2) is 5.75 Å². The lowest BCUT2D eigenvalue weighted by molar-refractivity contribution is 0.143. The summed E-state index contributed by atoms with van der Waals surface area (Å²) in [6.07, 6.45) is 3.42. The molecule has 31 heavy (non-hydrogen) atoms. The van der Waals surface area contributed by atoms with Crippen molar-refractivity contribution in [3.63, 3.8) is 0 Å².